The quantitative estimate of drug-likeness (QED) is 0.620. The summed E-state index contributed by atoms with van der Waals surface area (Å²) in [5, 5.41) is 7.06. The van der Waals surface area contributed by atoms with Crippen molar-refractivity contribution in [2.45, 2.75) is 30.7 Å². The summed E-state index contributed by atoms with van der Waals surface area (Å²) in [5.74, 6) is 1.14. The van der Waals surface area contributed by atoms with E-state index >= 15 is 0 Å². The van der Waals surface area contributed by atoms with Gasteiger partial charge in [0.1, 0.15) is 0 Å². The van der Waals surface area contributed by atoms with E-state index in [0.717, 1.165) is 25.4 Å². The molecular formula is C14H22N2S. The molecule has 0 saturated carbocycles. The molecule has 1 fully saturated rings. The van der Waals surface area contributed by atoms with Gasteiger partial charge in [0.25, 0.3) is 0 Å². The number of thioether (sulfide) groups is 1. The van der Waals surface area contributed by atoms with Crippen molar-refractivity contribution in [3.05, 3.63) is 29.8 Å². The van der Waals surface area contributed by atoms with Crippen molar-refractivity contribution < 1.29 is 0 Å². The van der Waals surface area contributed by atoms with Gasteiger partial charge in [-0.05, 0) is 38.9 Å². The van der Waals surface area contributed by atoms with E-state index in [-0.39, 0.29) is 0 Å². The molecule has 94 valence electrons. The van der Waals surface area contributed by atoms with Crippen LogP contribution in [0.2, 0.25) is 0 Å². The van der Waals surface area contributed by atoms with Crippen LogP contribution in [0.5, 0.6) is 0 Å². The summed E-state index contributed by atoms with van der Waals surface area (Å²) in [4.78, 5) is 1.37. The highest BCUT2D eigenvalue weighted by molar-refractivity contribution is 7.99. The normalized spacial score (nSPS) is 24.1. The van der Waals surface area contributed by atoms with Crippen LogP contribution in [0.1, 0.15) is 18.9 Å². The zero-order valence-corrected chi connectivity index (χ0v) is 11.6. The third kappa shape index (κ3) is 4.02. The molecule has 1 aromatic rings. The predicted octanol–water partition coefficient (Wildman–Crippen LogP) is 2.43. The molecule has 17 heavy (non-hydrogen) atoms. The molecule has 1 aromatic carbocycles. The molecule has 0 bridgehead atoms. The molecule has 1 aliphatic rings. The lowest BCUT2D eigenvalue weighted by Gasteiger charge is -2.24. The first-order valence-corrected chi connectivity index (χ1v) is 7.32. The standard InChI is InChI=1S/C14H22N2S/c1-12-3-5-13(6-4-12)17-10-9-16-14(2)7-8-15-11-14/h3-6,15-16H,7-11H2,1-2H3. The fourth-order valence-corrected chi connectivity index (χ4v) is 2.89. The maximum atomic E-state index is 3.66. The molecular weight excluding hydrogens is 228 g/mol. The molecule has 0 amide bonds. The Balaban J connectivity index is 1.67. The number of rotatable bonds is 5. The molecule has 0 aliphatic carbocycles. The van der Waals surface area contributed by atoms with Crippen molar-refractivity contribution in [1.82, 2.24) is 10.6 Å². The van der Waals surface area contributed by atoms with Crippen LogP contribution in [0.4, 0.5) is 0 Å². The predicted molar refractivity (Wildman–Crippen MR) is 75.8 cm³/mol. The molecule has 1 heterocycles. The number of hydrogen-bond acceptors (Lipinski definition) is 3. The van der Waals surface area contributed by atoms with Crippen LogP contribution in [0.3, 0.4) is 0 Å². The summed E-state index contributed by atoms with van der Waals surface area (Å²) < 4.78 is 0. The molecule has 0 aromatic heterocycles. The van der Waals surface area contributed by atoms with Gasteiger partial charge in [0.15, 0.2) is 0 Å². The molecule has 3 heteroatoms. The third-order valence-corrected chi connectivity index (χ3v) is 4.33. The van der Waals surface area contributed by atoms with E-state index in [1.807, 2.05) is 11.8 Å². The Hall–Kier alpha value is -0.510. The Morgan fingerprint density at radius 3 is 2.76 bits per heavy atom. The molecule has 1 unspecified atom stereocenters. The largest absolute Gasteiger partial charge is 0.315 e. The topological polar surface area (TPSA) is 24.1 Å². The van der Waals surface area contributed by atoms with Gasteiger partial charge < -0.3 is 10.6 Å². The zero-order chi connectivity index (χ0) is 12.1. The van der Waals surface area contributed by atoms with Crippen LogP contribution in [-0.2, 0) is 0 Å². The van der Waals surface area contributed by atoms with Crippen LogP contribution < -0.4 is 10.6 Å². The summed E-state index contributed by atoms with van der Waals surface area (Å²) in [5.41, 5.74) is 1.64. The lowest BCUT2D eigenvalue weighted by molar-refractivity contribution is 0.400. The van der Waals surface area contributed by atoms with Gasteiger partial charge in [-0.1, -0.05) is 17.7 Å². The first-order chi connectivity index (χ1) is 8.18. The minimum Gasteiger partial charge on any atom is -0.315 e. The highest BCUT2D eigenvalue weighted by atomic mass is 32.2. The molecule has 1 saturated heterocycles. The number of aryl methyl sites for hydroxylation is 1. The Bertz CT molecular complexity index is 342. The van der Waals surface area contributed by atoms with Crippen molar-refractivity contribution in [3.63, 3.8) is 0 Å². The van der Waals surface area contributed by atoms with E-state index in [2.05, 4.69) is 48.7 Å². The van der Waals surface area contributed by atoms with Gasteiger partial charge in [-0.2, -0.15) is 0 Å². The Kier molecular flexibility index (Phi) is 4.48. The van der Waals surface area contributed by atoms with Gasteiger partial charge >= 0.3 is 0 Å². The van der Waals surface area contributed by atoms with Gasteiger partial charge in [0.2, 0.25) is 0 Å². The lowest BCUT2D eigenvalue weighted by Crippen LogP contribution is -2.45. The third-order valence-electron chi connectivity index (χ3n) is 3.31. The monoisotopic (exact) mass is 250 g/mol. The minimum atomic E-state index is 0.313. The second-order valence-corrected chi connectivity index (χ2v) is 6.24. The summed E-state index contributed by atoms with van der Waals surface area (Å²) in [7, 11) is 0. The van der Waals surface area contributed by atoms with Gasteiger partial charge in [-0.25, -0.2) is 0 Å². The highest BCUT2D eigenvalue weighted by Crippen LogP contribution is 2.18. The molecule has 1 aliphatic heterocycles. The lowest BCUT2D eigenvalue weighted by atomic mass is 10.0. The molecule has 2 N–H and O–H groups in total. The second-order valence-electron chi connectivity index (χ2n) is 5.08. The van der Waals surface area contributed by atoms with Crippen molar-refractivity contribution >= 4 is 11.8 Å². The van der Waals surface area contributed by atoms with Crippen LogP contribution in [0.25, 0.3) is 0 Å². The second kappa shape index (κ2) is 5.89. The molecule has 2 rings (SSSR count). The Labute approximate surface area is 109 Å². The first-order valence-electron chi connectivity index (χ1n) is 6.33. The summed E-state index contributed by atoms with van der Waals surface area (Å²) >= 11 is 1.93. The van der Waals surface area contributed by atoms with Crippen molar-refractivity contribution in [2.24, 2.45) is 0 Å². The molecule has 2 nitrogen and oxygen atoms in total. The Morgan fingerprint density at radius 2 is 2.12 bits per heavy atom. The highest BCUT2D eigenvalue weighted by Gasteiger charge is 2.26. The number of hydrogen-bond donors (Lipinski definition) is 2. The summed E-state index contributed by atoms with van der Waals surface area (Å²) in [6.07, 6.45) is 1.24. The fourth-order valence-electron chi connectivity index (χ4n) is 2.12. The van der Waals surface area contributed by atoms with E-state index in [9.17, 15) is 0 Å². The smallest absolute Gasteiger partial charge is 0.0290 e. The van der Waals surface area contributed by atoms with E-state index in [1.54, 1.807) is 0 Å². The van der Waals surface area contributed by atoms with Crippen LogP contribution >= 0.6 is 11.8 Å². The maximum absolute atomic E-state index is 3.66. The molecule has 0 radical (unpaired) electrons. The average Bonchev–Trinajstić information content (AvgIpc) is 2.74. The van der Waals surface area contributed by atoms with Crippen molar-refractivity contribution in [2.75, 3.05) is 25.4 Å². The molecule has 0 spiro atoms. The number of benzene rings is 1. The molecule has 1 atom stereocenters. The minimum absolute atomic E-state index is 0.313. The van der Waals surface area contributed by atoms with Gasteiger partial charge in [0.05, 0.1) is 0 Å². The van der Waals surface area contributed by atoms with Crippen molar-refractivity contribution in [1.29, 1.82) is 0 Å². The van der Waals surface area contributed by atoms with Crippen molar-refractivity contribution in [3.8, 4) is 0 Å². The number of nitrogens with one attached hydrogen (secondary N) is 2. The van der Waals surface area contributed by atoms with Crippen LogP contribution in [0, 0.1) is 6.92 Å². The van der Waals surface area contributed by atoms with Crippen LogP contribution in [-0.4, -0.2) is 30.9 Å². The van der Waals surface area contributed by atoms with Crippen LogP contribution in [0.15, 0.2) is 29.2 Å². The Morgan fingerprint density at radius 1 is 1.35 bits per heavy atom. The summed E-state index contributed by atoms with van der Waals surface area (Å²) in [6, 6.07) is 8.77. The van der Waals surface area contributed by atoms with E-state index in [0.29, 0.717) is 5.54 Å². The van der Waals surface area contributed by atoms with Gasteiger partial charge in [0, 0.05) is 29.3 Å². The SMILES string of the molecule is Cc1ccc(SCCNC2(C)CCNC2)cc1. The van der Waals surface area contributed by atoms with Gasteiger partial charge in [-0.15, -0.1) is 11.8 Å². The summed E-state index contributed by atoms with van der Waals surface area (Å²) in [6.45, 7) is 7.76. The van der Waals surface area contributed by atoms with E-state index in [4.69, 9.17) is 0 Å². The van der Waals surface area contributed by atoms with E-state index in [1.165, 1.54) is 16.9 Å². The van der Waals surface area contributed by atoms with Gasteiger partial charge in [-0.3, -0.25) is 0 Å². The fraction of sp³-hybridized carbons (Fsp3) is 0.571. The first kappa shape index (κ1) is 12.9. The zero-order valence-electron chi connectivity index (χ0n) is 10.8. The maximum Gasteiger partial charge on any atom is 0.0290 e. The van der Waals surface area contributed by atoms with E-state index < -0.39 is 0 Å². The average molecular weight is 250 g/mol.